The van der Waals surface area contributed by atoms with Crippen LogP contribution in [0.25, 0.3) is 5.57 Å². The van der Waals surface area contributed by atoms with Gasteiger partial charge in [-0.15, -0.1) is 0 Å². The van der Waals surface area contributed by atoms with Crippen molar-refractivity contribution in [2.75, 3.05) is 11.9 Å². The molecule has 0 aromatic heterocycles. The van der Waals surface area contributed by atoms with E-state index < -0.39 is 65.6 Å². The first kappa shape index (κ1) is 29.5. The van der Waals surface area contributed by atoms with E-state index in [1.165, 1.54) is 0 Å². The van der Waals surface area contributed by atoms with Crippen LogP contribution in [0.3, 0.4) is 0 Å². The van der Waals surface area contributed by atoms with Gasteiger partial charge in [-0.25, -0.2) is 0 Å². The van der Waals surface area contributed by atoms with Gasteiger partial charge in [0.1, 0.15) is 0 Å². The van der Waals surface area contributed by atoms with Crippen LogP contribution < -0.4 is 4.90 Å². The highest BCUT2D eigenvalue weighted by Crippen LogP contribution is 2.57. The summed E-state index contributed by atoms with van der Waals surface area (Å²) >= 11 is 0. The molecule has 0 aliphatic carbocycles. The zero-order chi connectivity index (χ0) is 27.3. The number of alkyl halides is 14. The highest BCUT2D eigenvalue weighted by atomic mass is 19.4. The molecule has 0 fully saturated rings. The minimum Gasteiger partial charge on any atom is -0.316 e. The summed E-state index contributed by atoms with van der Waals surface area (Å²) in [6.07, 6.45) is -14.2. The van der Waals surface area contributed by atoms with Crippen molar-refractivity contribution in [3.05, 3.63) is 35.4 Å². The lowest BCUT2D eigenvalue weighted by Crippen LogP contribution is -2.55. The normalized spacial score (nSPS) is 15.2. The summed E-state index contributed by atoms with van der Waals surface area (Å²) in [5.74, 6) is -28.4. The molecule has 1 rings (SSSR count). The van der Waals surface area contributed by atoms with Gasteiger partial charge in [0.25, 0.3) is 0 Å². The fourth-order valence-electron chi connectivity index (χ4n) is 2.57. The van der Waals surface area contributed by atoms with Gasteiger partial charge in [-0.3, -0.25) is 4.79 Å². The third-order valence-electron chi connectivity index (χ3n) is 4.68. The minimum absolute atomic E-state index is 0.176. The topological polar surface area (TPSA) is 20.3 Å². The highest BCUT2D eigenvalue weighted by Gasteiger charge is 2.78. The lowest BCUT2D eigenvalue weighted by atomic mass is 9.86. The van der Waals surface area contributed by atoms with Crippen LogP contribution in [0.15, 0.2) is 29.8 Å². The first-order chi connectivity index (χ1) is 14.9. The van der Waals surface area contributed by atoms with Crippen molar-refractivity contribution in [3.8, 4) is 0 Å². The highest BCUT2D eigenvalue weighted by molar-refractivity contribution is 5.91. The summed E-state index contributed by atoms with van der Waals surface area (Å²) in [5.41, 5.74) is -8.10. The smallest absolute Gasteiger partial charge is 0.316 e. The molecule has 0 saturated carbocycles. The number of nitrogens with zero attached hydrogens (tertiary/aromatic N) is 1. The Morgan fingerprint density at radius 2 is 1.00 bits per heavy atom. The lowest BCUT2D eigenvalue weighted by molar-refractivity contribution is -0.347. The Hall–Kier alpha value is -2.55. The Morgan fingerprint density at radius 1 is 0.647 bits per heavy atom. The molecular formula is C18H13F14NO. The maximum absolute atomic E-state index is 14.4. The van der Waals surface area contributed by atoms with Crippen LogP contribution in [0.4, 0.5) is 67.2 Å². The van der Waals surface area contributed by atoms with Gasteiger partial charge in [0.05, 0.1) is 0 Å². The van der Waals surface area contributed by atoms with Gasteiger partial charge in [-0.2, -0.15) is 61.5 Å². The number of rotatable bonds is 6. The monoisotopic (exact) mass is 525 g/mol. The predicted octanol–water partition coefficient (Wildman–Crippen LogP) is 7.11. The fourth-order valence-corrected chi connectivity index (χ4v) is 2.57. The molecular weight excluding hydrogens is 512 g/mol. The maximum Gasteiger partial charge on any atom is 0.460 e. The number of carbonyl (C=O) groups is 1. The van der Waals surface area contributed by atoms with Gasteiger partial charge in [-0.05, 0) is 24.6 Å². The van der Waals surface area contributed by atoms with Crippen LogP contribution in [0, 0.1) is 0 Å². The van der Waals surface area contributed by atoms with Gasteiger partial charge >= 0.3 is 36.0 Å². The fraction of sp³-hybridized carbons (Fsp3) is 0.500. The van der Waals surface area contributed by atoms with Gasteiger partial charge in [0.15, 0.2) is 0 Å². The minimum atomic E-state index is -7.17. The number of amides is 1. The Morgan fingerprint density at radius 3 is 1.32 bits per heavy atom. The molecule has 1 aromatic carbocycles. The van der Waals surface area contributed by atoms with Crippen molar-refractivity contribution in [3.63, 3.8) is 0 Å². The van der Waals surface area contributed by atoms with Gasteiger partial charge < -0.3 is 4.90 Å². The van der Waals surface area contributed by atoms with Crippen molar-refractivity contribution in [1.29, 1.82) is 0 Å². The SMILES string of the molecule is CC(=O)N(C)c1ccc(/C(=C(\C)C(F)(F)C(F)(F)C(F)(F)F)C(F)(F)C(F)(F)C(F)(F)F)cc1. The largest absolute Gasteiger partial charge is 0.460 e. The third kappa shape index (κ3) is 4.67. The molecule has 0 unspecified atom stereocenters. The summed E-state index contributed by atoms with van der Waals surface area (Å²) in [7, 11) is 1.07. The molecule has 2 nitrogen and oxygen atoms in total. The molecule has 1 aromatic rings. The number of carbonyl (C=O) groups excluding carboxylic acids is 1. The van der Waals surface area contributed by atoms with E-state index in [-0.39, 0.29) is 17.8 Å². The number of hydrogen-bond donors (Lipinski definition) is 0. The first-order valence-corrected chi connectivity index (χ1v) is 8.57. The van der Waals surface area contributed by atoms with Crippen LogP contribution in [0.1, 0.15) is 19.4 Å². The number of hydrogen-bond acceptors (Lipinski definition) is 1. The summed E-state index contributed by atoms with van der Waals surface area (Å²) in [6, 6.07) is 1.50. The van der Waals surface area contributed by atoms with Crippen molar-refractivity contribution in [1.82, 2.24) is 0 Å². The zero-order valence-corrected chi connectivity index (χ0v) is 17.0. The van der Waals surface area contributed by atoms with E-state index in [2.05, 4.69) is 0 Å². The molecule has 0 saturated heterocycles. The Balaban J connectivity index is 4.04. The molecule has 0 aliphatic rings. The standard InChI is InChI=1S/C18H13F14NO/c1-8(13(19,20)15(23,24)17(27,28)29)12(14(21,22)16(25,26)18(30,31)32)10-4-6-11(7-5-10)33(3)9(2)34/h4-7H,1-3H3/b12-8-. The summed E-state index contributed by atoms with van der Waals surface area (Å²) in [5, 5.41) is 0. The third-order valence-corrected chi connectivity index (χ3v) is 4.68. The van der Waals surface area contributed by atoms with E-state index in [4.69, 9.17) is 0 Å². The quantitative estimate of drug-likeness (QED) is 0.363. The molecule has 0 atom stereocenters. The van der Waals surface area contributed by atoms with E-state index in [1.54, 1.807) is 0 Å². The summed E-state index contributed by atoms with van der Waals surface area (Å²) in [6.45, 7) is 0.423. The first-order valence-electron chi connectivity index (χ1n) is 8.57. The molecule has 0 spiro atoms. The number of halogens is 14. The second kappa shape index (κ2) is 8.59. The van der Waals surface area contributed by atoms with Crippen molar-refractivity contribution >= 4 is 17.2 Å². The van der Waals surface area contributed by atoms with E-state index in [0.717, 1.165) is 18.9 Å². The Labute approximate surface area is 181 Å². The lowest BCUT2D eigenvalue weighted by Gasteiger charge is -2.35. The van der Waals surface area contributed by atoms with Gasteiger partial charge in [0.2, 0.25) is 5.91 Å². The average Bonchev–Trinajstić information content (AvgIpc) is 2.65. The molecule has 0 heterocycles. The van der Waals surface area contributed by atoms with Crippen LogP contribution in [0.5, 0.6) is 0 Å². The van der Waals surface area contributed by atoms with E-state index in [1.807, 2.05) is 0 Å². The summed E-state index contributed by atoms with van der Waals surface area (Å²) < 4.78 is 187. The summed E-state index contributed by atoms with van der Waals surface area (Å²) in [4.78, 5) is 12.1. The van der Waals surface area contributed by atoms with E-state index >= 15 is 0 Å². The van der Waals surface area contributed by atoms with Gasteiger partial charge in [0, 0.05) is 30.8 Å². The molecule has 0 radical (unpaired) electrons. The van der Waals surface area contributed by atoms with E-state index in [0.29, 0.717) is 12.1 Å². The number of benzene rings is 1. The number of anilines is 1. The van der Waals surface area contributed by atoms with Crippen LogP contribution in [-0.2, 0) is 4.79 Å². The van der Waals surface area contributed by atoms with Crippen molar-refractivity contribution in [2.24, 2.45) is 0 Å². The van der Waals surface area contributed by atoms with Crippen LogP contribution in [0.2, 0.25) is 0 Å². The Bertz CT molecular complexity index is 941. The second-order valence-corrected chi connectivity index (χ2v) is 6.92. The zero-order valence-electron chi connectivity index (χ0n) is 17.0. The molecule has 1 amide bonds. The predicted molar refractivity (Wildman–Crippen MR) is 90.0 cm³/mol. The van der Waals surface area contributed by atoms with E-state index in [9.17, 15) is 66.3 Å². The molecule has 34 heavy (non-hydrogen) atoms. The molecule has 0 bridgehead atoms. The van der Waals surface area contributed by atoms with Crippen molar-refractivity contribution in [2.45, 2.75) is 49.9 Å². The molecule has 16 heteroatoms. The second-order valence-electron chi connectivity index (χ2n) is 6.92. The van der Waals surface area contributed by atoms with Crippen molar-refractivity contribution < 1.29 is 66.3 Å². The average molecular weight is 525 g/mol. The van der Waals surface area contributed by atoms with Gasteiger partial charge in [-0.1, -0.05) is 12.1 Å². The molecule has 194 valence electrons. The molecule has 0 N–H and O–H groups in total. The maximum atomic E-state index is 14.4. The van der Waals surface area contributed by atoms with Crippen LogP contribution >= 0.6 is 0 Å². The van der Waals surface area contributed by atoms with Crippen LogP contribution in [-0.4, -0.2) is 49.0 Å². The molecule has 0 aliphatic heterocycles. The Kier molecular flexibility index (Phi) is 7.45. The number of allylic oxidation sites excluding steroid dienone is 2.